The number of nitrogens with zero attached hydrogens (tertiary/aromatic N) is 2. The third-order valence-corrected chi connectivity index (χ3v) is 3.82. The monoisotopic (exact) mass is 227 g/mol. The number of H-pyrrole nitrogens is 1. The van der Waals surface area contributed by atoms with Gasteiger partial charge in [0.1, 0.15) is 5.82 Å². The van der Waals surface area contributed by atoms with Crippen LogP contribution in [0.25, 0.3) is 0 Å². The Labute approximate surface area is 94.6 Å². The van der Waals surface area contributed by atoms with Crippen LogP contribution in [0.3, 0.4) is 0 Å². The van der Waals surface area contributed by atoms with Gasteiger partial charge in [0, 0.05) is 7.05 Å². The predicted octanol–water partition coefficient (Wildman–Crippen LogP) is 2.00. The summed E-state index contributed by atoms with van der Waals surface area (Å²) < 4.78 is 8.41. The predicted molar refractivity (Wildman–Crippen MR) is 60.3 cm³/mol. The molecule has 1 saturated heterocycles. The number of aromatic nitrogens is 3. The van der Waals surface area contributed by atoms with Gasteiger partial charge in [-0.2, -0.15) is 5.10 Å². The van der Waals surface area contributed by atoms with Gasteiger partial charge >= 0.3 is 0 Å². The van der Waals surface area contributed by atoms with Crippen LogP contribution < -0.4 is 0 Å². The Morgan fingerprint density at radius 1 is 1.33 bits per heavy atom. The summed E-state index contributed by atoms with van der Waals surface area (Å²) >= 11 is 5.12. The minimum atomic E-state index is 0.207. The molecular weight excluding hydrogens is 210 g/mol. The van der Waals surface area contributed by atoms with E-state index in [1.807, 2.05) is 11.6 Å². The van der Waals surface area contributed by atoms with Crippen LogP contribution in [0.1, 0.15) is 32.5 Å². The van der Waals surface area contributed by atoms with E-state index >= 15 is 0 Å². The van der Waals surface area contributed by atoms with Crippen LogP contribution in [-0.4, -0.2) is 27.0 Å². The van der Waals surface area contributed by atoms with Crippen molar-refractivity contribution in [3.63, 3.8) is 0 Å². The molecule has 0 bridgehead atoms. The van der Waals surface area contributed by atoms with Crippen molar-refractivity contribution < 1.29 is 4.74 Å². The first-order valence-electron chi connectivity index (χ1n) is 5.29. The van der Waals surface area contributed by atoms with Crippen molar-refractivity contribution in [3.8, 4) is 0 Å². The molecule has 1 aliphatic rings. The minimum absolute atomic E-state index is 0.207. The maximum atomic E-state index is 5.80. The second-order valence-electron chi connectivity index (χ2n) is 4.38. The zero-order valence-electron chi connectivity index (χ0n) is 9.52. The van der Waals surface area contributed by atoms with Gasteiger partial charge in [0.2, 0.25) is 0 Å². The molecular formula is C10H17N3OS. The molecule has 0 amide bonds. The highest BCUT2D eigenvalue weighted by Gasteiger charge is 2.40. The van der Waals surface area contributed by atoms with Crippen molar-refractivity contribution in [2.24, 2.45) is 13.0 Å². The number of hydrogen-bond donors (Lipinski definition) is 1. The molecule has 4 unspecified atom stereocenters. The summed E-state index contributed by atoms with van der Waals surface area (Å²) in [4.78, 5) is 0. The Morgan fingerprint density at radius 2 is 2.00 bits per heavy atom. The average molecular weight is 227 g/mol. The van der Waals surface area contributed by atoms with E-state index in [4.69, 9.17) is 17.0 Å². The third-order valence-electron chi connectivity index (χ3n) is 3.45. The molecule has 2 rings (SSSR count). The van der Waals surface area contributed by atoms with Crippen molar-refractivity contribution >= 4 is 12.2 Å². The van der Waals surface area contributed by atoms with Crippen molar-refractivity contribution in [3.05, 3.63) is 10.6 Å². The molecule has 0 aromatic carbocycles. The zero-order valence-corrected chi connectivity index (χ0v) is 10.3. The molecule has 4 nitrogen and oxygen atoms in total. The summed E-state index contributed by atoms with van der Waals surface area (Å²) in [5, 5.41) is 7.13. The fourth-order valence-corrected chi connectivity index (χ4v) is 2.51. The molecule has 4 atom stereocenters. The third kappa shape index (κ3) is 1.63. The maximum Gasteiger partial charge on any atom is 0.194 e. The van der Waals surface area contributed by atoms with E-state index in [0.29, 0.717) is 16.6 Å². The SMILES string of the molecule is CC1OC(C)C(c2n[nH]c(=S)n2C)C1C. The Hall–Kier alpha value is -0.680. The minimum Gasteiger partial charge on any atom is -0.374 e. The van der Waals surface area contributed by atoms with Gasteiger partial charge in [0.25, 0.3) is 0 Å². The first-order chi connectivity index (χ1) is 7.02. The van der Waals surface area contributed by atoms with Gasteiger partial charge in [0.15, 0.2) is 4.77 Å². The molecule has 1 N–H and O–H groups in total. The topological polar surface area (TPSA) is 42.8 Å². The first-order valence-corrected chi connectivity index (χ1v) is 5.70. The molecule has 0 saturated carbocycles. The highest BCUT2D eigenvalue weighted by molar-refractivity contribution is 7.71. The van der Waals surface area contributed by atoms with Gasteiger partial charge < -0.3 is 9.30 Å². The van der Waals surface area contributed by atoms with E-state index in [0.717, 1.165) is 5.82 Å². The molecule has 1 aromatic rings. The standard InChI is InChI=1S/C10H17N3OS/c1-5-6(2)14-7(3)8(5)9-11-12-10(15)13(9)4/h5-8H,1-4H3,(H,12,15). The second kappa shape index (κ2) is 3.72. The van der Waals surface area contributed by atoms with Gasteiger partial charge in [-0.05, 0) is 32.0 Å². The molecule has 0 spiro atoms. The molecule has 0 aliphatic carbocycles. The summed E-state index contributed by atoms with van der Waals surface area (Å²) in [5.41, 5.74) is 0. The van der Waals surface area contributed by atoms with Crippen LogP contribution in [0.2, 0.25) is 0 Å². The normalized spacial score (nSPS) is 36.0. The van der Waals surface area contributed by atoms with Crippen LogP contribution in [0.4, 0.5) is 0 Å². The largest absolute Gasteiger partial charge is 0.374 e. The Kier molecular flexibility index (Phi) is 2.68. The molecule has 1 fully saturated rings. The van der Waals surface area contributed by atoms with Crippen LogP contribution in [0.5, 0.6) is 0 Å². The quantitative estimate of drug-likeness (QED) is 0.746. The highest BCUT2D eigenvalue weighted by atomic mass is 32.1. The van der Waals surface area contributed by atoms with Crippen LogP contribution in [0.15, 0.2) is 0 Å². The number of nitrogens with one attached hydrogen (secondary N) is 1. The number of ether oxygens (including phenoxy) is 1. The summed E-state index contributed by atoms with van der Waals surface area (Å²) in [6.45, 7) is 6.42. The van der Waals surface area contributed by atoms with E-state index in [1.165, 1.54) is 0 Å². The Morgan fingerprint density at radius 3 is 2.40 bits per heavy atom. The van der Waals surface area contributed by atoms with E-state index in [9.17, 15) is 0 Å². The molecule has 84 valence electrons. The van der Waals surface area contributed by atoms with Gasteiger partial charge in [-0.1, -0.05) is 6.92 Å². The van der Waals surface area contributed by atoms with Gasteiger partial charge in [-0.3, -0.25) is 5.10 Å². The van der Waals surface area contributed by atoms with Gasteiger partial charge in [0.05, 0.1) is 18.1 Å². The number of hydrogen-bond acceptors (Lipinski definition) is 3. The van der Waals surface area contributed by atoms with E-state index < -0.39 is 0 Å². The van der Waals surface area contributed by atoms with E-state index in [-0.39, 0.29) is 12.2 Å². The van der Waals surface area contributed by atoms with Crippen molar-refractivity contribution in [1.82, 2.24) is 14.8 Å². The van der Waals surface area contributed by atoms with Crippen LogP contribution >= 0.6 is 12.2 Å². The second-order valence-corrected chi connectivity index (χ2v) is 4.76. The molecule has 2 heterocycles. The molecule has 0 radical (unpaired) electrons. The lowest BCUT2D eigenvalue weighted by Crippen LogP contribution is -2.19. The molecule has 1 aromatic heterocycles. The van der Waals surface area contributed by atoms with Crippen molar-refractivity contribution in [1.29, 1.82) is 0 Å². The zero-order chi connectivity index (χ0) is 11.2. The maximum absolute atomic E-state index is 5.80. The number of aromatic amines is 1. The fourth-order valence-electron chi connectivity index (χ4n) is 2.37. The van der Waals surface area contributed by atoms with E-state index in [1.54, 1.807) is 0 Å². The lowest BCUT2D eigenvalue weighted by Gasteiger charge is -2.16. The lowest BCUT2D eigenvalue weighted by atomic mass is 9.89. The van der Waals surface area contributed by atoms with Crippen LogP contribution in [0, 0.1) is 10.7 Å². The molecule has 1 aliphatic heterocycles. The Balaban J connectivity index is 2.39. The van der Waals surface area contributed by atoms with Gasteiger partial charge in [-0.15, -0.1) is 0 Å². The fraction of sp³-hybridized carbons (Fsp3) is 0.800. The summed E-state index contributed by atoms with van der Waals surface area (Å²) in [5.74, 6) is 1.81. The molecule has 5 heteroatoms. The molecule has 15 heavy (non-hydrogen) atoms. The van der Waals surface area contributed by atoms with Crippen molar-refractivity contribution in [2.75, 3.05) is 0 Å². The summed E-state index contributed by atoms with van der Waals surface area (Å²) in [7, 11) is 1.95. The van der Waals surface area contributed by atoms with Gasteiger partial charge in [-0.25, -0.2) is 0 Å². The highest BCUT2D eigenvalue weighted by Crippen LogP contribution is 2.38. The summed E-state index contributed by atoms with van der Waals surface area (Å²) in [6.07, 6.45) is 0.495. The lowest BCUT2D eigenvalue weighted by molar-refractivity contribution is 0.0552. The van der Waals surface area contributed by atoms with Crippen LogP contribution in [-0.2, 0) is 11.8 Å². The van der Waals surface area contributed by atoms with Crippen molar-refractivity contribution in [2.45, 2.75) is 38.9 Å². The average Bonchev–Trinajstić information content (AvgIpc) is 2.60. The smallest absolute Gasteiger partial charge is 0.194 e. The van der Waals surface area contributed by atoms with E-state index in [2.05, 4.69) is 31.0 Å². The number of rotatable bonds is 1. The summed E-state index contributed by atoms with van der Waals surface area (Å²) in [6, 6.07) is 0. The first kappa shape index (κ1) is 10.8. The Bertz CT molecular complexity index is 411.